The van der Waals surface area contributed by atoms with Gasteiger partial charge in [0.1, 0.15) is 24.6 Å². The highest BCUT2D eigenvalue weighted by molar-refractivity contribution is 7.80. The van der Waals surface area contributed by atoms with Gasteiger partial charge < -0.3 is 14.4 Å². The minimum atomic E-state index is -0.510. The van der Waals surface area contributed by atoms with Gasteiger partial charge in [0.2, 0.25) is 0 Å². The first-order chi connectivity index (χ1) is 16.5. The molecular weight excluding hydrogens is 472 g/mol. The Labute approximate surface area is 208 Å². The number of benzene rings is 3. The molecule has 0 aliphatic carbocycles. The molecule has 1 heterocycles. The van der Waals surface area contributed by atoms with Gasteiger partial charge in [-0.05, 0) is 65.8 Å². The fourth-order valence-corrected chi connectivity index (χ4v) is 3.88. The molecule has 6 nitrogen and oxygen atoms in total. The molecule has 0 bridgehead atoms. The number of halogens is 1. The summed E-state index contributed by atoms with van der Waals surface area (Å²) in [5.41, 5.74) is 2.65. The number of carbonyl (C=O) groups is 2. The molecule has 1 aliphatic rings. The predicted molar refractivity (Wildman–Crippen MR) is 135 cm³/mol. The molecule has 0 N–H and O–H groups in total. The number of methoxy groups -OCH3 is 1. The van der Waals surface area contributed by atoms with Crippen LogP contribution in [0.3, 0.4) is 0 Å². The van der Waals surface area contributed by atoms with Crippen LogP contribution in [0.15, 0.2) is 84.6 Å². The molecule has 34 heavy (non-hydrogen) atoms. The number of esters is 1. The highest BCUT2D eigenvalue weighted by atomic mass is 35.5. The minimum absolute atomic E-state index is 0.185. The van der Waals surface area contributed by atoms with E-state index in [4.69, 9.17) is 33.3 Å². The average Bonchev–Trinajstić information content (AvgIpc) is 3.08. The number of hydrogen-bond acceptors (Lipinski definition) is 5. The molecule has 0 aromatic heterocycles. The fraction of sp³-hybridized carbons (Fsp3) is 0.115. The molecule has 1 aliphatic heterocycles. The monoisotopic (exact) mass is 492 g/mol. The van der Waals surface area contributed by atoms with Crippen molar-refractivity contribution in [2.45, 2.75) is 6.61 Å². The first kappa shape index (κ1) is 23.5. The number of nitrogens with zero attached hydrogens (tertiary/aromatic N) is 2. The van der Waals surface area contributed by atoms with E-state index in [1.165, 1.54) is 16.9 Å². The number of thiocarbonyl (C=S) groups is 1. The zero-order valence-electron chi connectivity index (χ0n) is 18.3. The van der Waals surface area contributed by atoms with Gasteiger partial charge >= 0.3 is 5.97 Å². The number of anilines is 1. The Hall–Kier alpha value is -3.68. The van der Waals surface area contributed by atoms with Crippen LogP contribution in [-0.2, 0) is 20.9 Å². The summed E-state index contributed by atoms with van der Waals surface area (Å²) >= 11 is 11.5. The summed E-state index contributed by atoms with van der Waals surface area (Å²) in [6.07, 6.45) is 1.69. The second kappa shape index (κ2) is 10.5. The molecule has 0 atom stereocenters. The minimum Gasteiger partial charge on any atom is -0.489 e. The zero-order chi connectivity index (χ0) is 24.1. The van der Waals surface area contributed by atoms with Gasteiger partial charge in [0, 0.05) is 5.02 Å². The molecule has 1 amide bonds. The van der Waals surface area contributed by atoms with Crippen LogP contribution in [0.4, 0.5) is 5.69 Å². The number of amides is 1. The second-order valence-corrected chi connectivity index (χ2v) is 8.24. The first-order valence-electron chi connectivity index (χ1n) is 10.4. The highest BCUT2D eigenvalue weighted by Crippen LogP contribution is 2.30. The third kappa shape index (κ3) is 5.27. The van der Waals surface area contributed by atoms with Crippen LogP contribution in [0.1, 0.15) is 11.1 Å². The number of rotatable bonds is 7. The summed E-state index contributed by atoms with van der Waals surface area (Å²) in [6.45, 7) is 0.270. The van der Waals surface area contributed by atoms with E-state index in [-0.39, 0.29) is 23.3 Å². The molecule has 0 spiro atoms. The molecular formula is C26H21ClN2O4S. The van der Waals surface area contributed by atoms with Crippen molar-refractivity contribution in [2.24, 2.45) is 0 Å². The third-order valence-corrected chi connectivity index (χ3v) is 5.82. The summed E-state index contributed by atoms with van der Waals surface area (Å²) in [5.74, 6) is -0.155. The van der Waals surface area contributed by atoms with E-state index in [0.29, 0.717) is 23.1 Å². The van der Waals surface area contributed by atoms with Crippen molar-refractivity contribution >= 4 is 52.6 Å². The molecule has 1 saturated heterocycles. The van der Waals surface area contributed by atoms with Crippen molar-refractivity contribution in [1.82, 2.24) is 4.90 Å². The van der Waals surface area contributed by atoms with Gasteiger partial charge in [0.05, 0.1) is 12.8 Å². The summed E-state index contributed by atoms with van der Waals surface area (Å²) in [7, 11) is 1.29. The lowest BCUT2D eigenvalue weighted by molar-refractivity contribution is -0.140. The maximum absolute atomic E-state index is 13.3. The van der Waals surface area contributed by atoms with Crippen molar-refractivity contribution in [3.8, 4) is 5.75 Å². The van der Waals surface area contributed by atoms with E-state index in [1.807, 2.05) is 54.6 Å². The molecule has 0 radical (unpaired) electrons. The van der Waals surface area contributed by atoms with Crippen molar-refractivity contribution in [3.63, 3.8) is 0 Å². The van der Waals surface area contributed by atoms with Crippen LogP contribution in [0.2, 0.25) is 5.02 Å². The number of ether oxygens (including phenoxy) is 2. The van der Waals surface area contributed by atoms with Crippen molar-refractivity contribution in [3.05, 3.63) is 101 Å². The van der Waals surface area contributed by atoms with Crippen LogP contribution in [-0.4, -0.2) is 35.5 Å². The van der Waals surface area contributed by atoms with Gasteiger partial charge in [-0.15, -0.1) is 0 Å². The predicted octanol–water partition coefficient (Wildman–Crippen LogP) is 5.07. The Kier molecular flexibility index (Phi) is 7.25. The van der Waals surface area contributed by atoms with Crippen LogP contribution in [0.25, 0.3) is 6.08 Å². The zero-order valence-corrected chi connectivity index (χ0v) is 19.9. The molecule has 172 valence electrons. The topological polar surface area (TPSA) is 59.1 Å². The maximum Gasteiger partial charge on any atom is 0.325 e. The average molecular weight is 493 g/mol. The summed E-state index contributed by atoms with van der Waals surface area (Å²) in [4.78, 5) is 28.2. The quantitative estimate of drug-likeness (QED) is 0.261. The van der Waals surface area contributed by atoms with Crippen LogP contribution >= 0.6 is 23.8 Å². The van der Waals surface area contributed by atoms with Gasteiger partial charge in [-0.3, -0.25) is 14.5 Å². The van der Waals surface area contributed by atoms with Crippen molar-refractivity contribution < 1.29 is 19.1 Å². The van der Waals surface area contributed by atoms with Crippen LogP contribution < -0.4 is 9.64 Å². The maximum atomic E-state index is 13.3. The standard InChI is InChI=1S/C26H21ClN2O4S/c1-32-24(30)16-28-23(25(31)29(26(28)34)21-11-9-20(27)10-12-21)15-18-7-13-22(14-8-18)33-17-19-5-3-2-4-6-19/h2-15H,16-17H2,1H3/b23-15-. The molecule has 3 aromatic carbocycles. The molecule has 8 heteroatoms. The van der Waals surface area contributed by atoms with E-state index >= 15 is 0 Å². The van der Waals surface area contributed by atoms with Crippen molar-refractivity contribution in [1.29, 1.82) is 0 Å². The Bertz CT molecular complexity index is 1230. The summed E-state index contributed by atoms with van der Waals surface area (Å²) < 4.78 is 10.6. The first-order valence-corrected chi connectivity index (χ1v) is 11.2. The lowest BCUT2D eigenvalue weighted by Gasteiger charge is -2.19. The second-order valence-electron chi connectivity index (χ2n) is 7.43. The smallest absolute Gasteiger partial charge is 0.325 e. The third-order valence-electron chi connectivity index (χ3n) is 5.17. The van der Waals surface area contributed by atoms with E-state index < -0.39 is 5.97 Å². The summed E-state index contributed by atoms with van der Waals surface area (Å²) in [6, 6.07) is 24.0. The van der Waals surface area contributed by atoms with E-state index in [9.17, 15) is 9.59 Å². The van der Waals surface area contributed by atoms with Crippen molar-refractivity contribution in [2.75, 3.05) is 18.6 Å². The van der Waals surface area contributed by atoms with Crippen LogP contribution in [0, 0.1) is 0 Å². The van der Waals surface area contributed by atoms with E-state index in [1.54, 1.807) is 30.3 Å². The number of carbonyl (C=O) groups excluding carboxylic acids is 2. The normalized spacial score (nSPS) is 14.6. The van der Waals surface area contributed by atoms with Gasteiger partial charge in [-0.25, -0.2) is 0 Å². The van der Waals surface area contributed by atoms with Gasteiger partial charge in [-0.1, -0.05) is 54.1 Å². The lowest BCUT2D eigenvalue weighted by Crippen LogP contribution is -2.35. The molecule has 0 unspecified atom stereocenters. The Morgan fingerprint density at radius 2 is 1.68 bits per heavy atom. The SMILES string of the molecule is COC(=O)CN1C(=S)N(c2ccc(Cl)cc2)C(=O)/C1=C/c1ccc(OCc2ccccc2)cc1. The van der Waals surface area contributed by atoms with E-state index in [2.05, 4.69) is 0 Å². The van der Waals surface area contributed by atoms with Gasteiger partial charge in [0.25, 0.3) is 5.91 Å². The van der Waals surface area contributed by atoms with Gasteiger partial charge in [-0.2, -0.15) is 0 Å². The Morgan fingerprint density at radius 1 is 1.00 bits per heavy atom. The molecule has 3 aromatic rings. The molecule has 0 saturated carbocycles. The lowest BCUT2D eigenvalue weighted by atomic mass is 10.1. The largest absolute Gasteiger partial charge is 0.489 e. The molecule has 4 rings (SSSR count). The van der Waals surface area contributed by atoms with Crippen LogP contribution in [0.5, 0.6) is 5.75 Å². The number of hydrogen-bond donors (Lipinski definition) is 0. The van der Waals surface area contributed by atoms with Gasteiger partial charge in [0.15, 0.2) is 5.11 Å². The Balaban J connectivity index is 1.58. The summed E-state index contributed by atoms with van der Waals surface area (Å²) in [5, 5.41) is 0.727. The fourth-order valence-electron chi connectivity index (χ4n) is 3.40. The Morgan fingerprint density at radius 3 is 2.32 bits per heavy atom. The molecule has 1 fully saturated rings. The van der Waals surface area contributed by atoms with E-state index in [0.717, 1.165) is 11.1 Å². The highest BCUT2D eigenvalue weighted by Gasteiger charge is 2.40.